The number of rotatable bonds is 6. The van der Waals surface area contributed by atoms with Crippen LogP contribution in [-0.2, 0) is 4.79 Å². The first-order valence-electron chi connectivity index (χ1n) is 12.2. The fraction of sp³-hybridized carbons (Fsp3) is 0.692. The number of benzene rings is 1. The molecule has 162 valence electrons. The number of esters is 1. The van der Waals surface area contributed by atoms with E-state index in [2.05, 4.69) is 0 Å². The van der Waals surface area contributed by atoms with Crippen LogP contribution in [0, 0.1) is 23.2 Å². The molecule has 1 aromatic rings. The Hall–Kier alpha value is -1.84. The molecule has 0 unspecified atom stereocenters. The predicted molar refractivity (Wildman–Crippen MR) is 118 cm³/mol. The first kappa shape index (κ1) is 20.1. The third-order valence-corrected chi connectivity index (χ3v) is 7.95. The van der Waals surface area contributed by atoms with Crippen molar-refractivity contribution in [2.24, 2.45) is 28.2 Å². The van der Waals surface area contributed by atoms with Gasteiger partial charge in [-0.1, -0.05) is 19.3 Å². The van der Waals surface area contributed by atoms with Gasteiger partial charge in [-0.25, -0.2) is 0 Å². The van der Waals surface area contributed by atoms with E-state index in [1.807, 2.05) is 31.3 Å². The van der Waals surface area contributed by atoms with Gasteiger partial charge in [-0.15, -0.1) is 0 Å². The van der Waals surface area contributed by atoms with E-state index in [-0.39, 0.29) is 11.4 Å². The van der Waals surface area contributed by atoms with Crippen LogP contribution < -0.4 is 9.47 Å². The molecular weight excluding hydrogens is 374 g/mol. The van der Waals surface area contributed by atoms with E-state index in [9.17, 15) is 4.79 Å². The number of nitrogens with zero attached hydrogens (tertiary/aromatic N) is 1. The minimum Gasteiger partial charge on any atom is -0.490 e. The average molecular weight is 410 g/mol. The van der Waals surface area contributed by atoms with E-state index >= 15 is 0 Å². The average Bonchev–Trinajstić information content (AvgIpc) is 2.74. The van der Waals surface area contributed by atoms with Crippen LogP contribution in [-0.4, -0.2) is 24.8 Å². The molecule has 0 atom stereocenters. The van der Waals surface area contributed by atoms with Gasteiger partial charge in [0.25, 0.3) is 0 Å². The highest BCUT2D eigenvalue weighted by atomic mass is 16.6. The topological polar surface area (TPSA) is 47.9 Å². The molecule has 5 saturated carbocycles. The van der Waals surface area contributed by atoms with Gasteiger partial charge in [-0.3, -0.25) is 9.79 Å². The highest BCUT2D eigenvalue weighted by Crippen LogP contribution is 2.60. The highest BCUT2D eigenvalue weighted by Gasteiger charge is 2.55. The van der Waals surface area contributed by atoms with Gasteiger partial charge in [0.2, 0.25) is 0 Å². The fourth-order valence-electron chi connectivity index (χ4n) is 6.95. The van der Waals surface area contributed by atoms with Crippen molar-refractivity contribution in [3.63, 3.8) is 0 Å². The van der Waals surface area contributed by atoms with Crippen molar-refractivity contribution >= 4 is 12.2 Å². The Morgan fingerprint density at radius 2 is 1.70 bits per heavy atom. The molecule has 0 saturated heterocycles. The normalized spacial score (nSPS) is 33.2. The molecule has 5 aliphatic carbocycles. The Bertz CT molecular complexity index is 773. The third kappa shape index (κ3) is 4.02. The van der Waals surface area contributed by atoms with E-state index in [4.69, 9.17) is 14.5 Å². The summed E-state index contributed by atoms with van der Waals surface area (Å²) in [5.74, 6) is 3.39. The molecule has 1 aromatic carbocycles. The lowest BCUT2D eigenvalue weighted by Crippen LogP contribution is -2.51. The smallest absolute Gasteiger partial charge is 0.317 e. The van der Waals surface area contributed by atoms with Crippen molar-refractivity contribution in [2.45, 2.75) is 83.6 Å². The first-order chi connectivity index (χ1) is 14.6. The summed E-state index contributed by atoms with van der Waals surface area (Å²) < 4.78 is 11.9. The van der Waals surface area contributed by atoms with Gasteiger partial charge in [-0.05, 0) is 99.8 Å². The molecule has 0 radical (unpaired) electrons. The number of aliphatic imine (C=N–C) groups is 1. The van der Waals surface area contributed by atoms with E-state index in [1.165, 1.54) is 51.4 Å². The molecule has 6 rings (SSSR count). The van der Waals surface area contributed by atoms with Crippen LogP contribution in [0.25, 0.3) is 0 Å². The van der Waals surface area contributed by atoms with Gasteiger partial charge in [0, 0.05) is 12.3 Å². The molecule has 4 nitrogen and oxygen atoms in total. The summed E-state index contributed by atoms with van der Waals surface area (Å²) in [6, 6.07) is 6.31. The number of carbonyl (C=O) groups excluding carboxylic acids is 1. The van der Waals surface area contributed by atoms with E-state index in [0.717, 1.165) is 42.6 Å². The van der Waals surface area contributed by atoms with Crippen molar-refractivity contribution < 1.29 is 14.3 Å². The second-order valence-corrected chi connectivity index (χ2v) is 10.3. The molecule has 4 heteroatoms. The SMILES string of the molecule is CCOc1cc(C=NC2CCCCC2)ccc1OC(=O)C12CC3CC(CC(C3)C1)C2. The Morgan fingerprint density at radius 3 is 2.33 bits per heavy atom. The molecule has 0 heterocycles. The van der Waals surface area contributed by atoms with Crippen LogP contribution in [0.2, 0.25) is 0 Å². The number of carbonyl (C=O) groups is 1. The maximum atomic E-state index is 13.3. The number of ether oxygens (including phenoxy) is 2. The number of hydrogen-bond acceptors (Lipinski definition) is 4. The second-order valence-electron chi connectivity index (χ2n) is 10.3. The summed E-state index contributed by atoms with van der Waals surface area (Å²) in [7, 11) is 0. The number of hydrogen-bond donors (Lipinski definition) is 0. The summed E-state index contributed by atoms with van der Waals surface area (Å²) in [6.07, 6.45) is 15.3. The first-order valence-corrected chi connectivity index (χ1v) is 12.2. The van der Waals surface area contributed by atoms with Gasteiger partial charge in [-0.2, -0.15) is 0 Å². The van der Waals surface area contributed by atoms with E-state index in [0.29, 0.717) is 24.1 Å². The zero-order valence-corrected chi connectivity index (χ0v) is 18.3. The summed E-state index contributed by atoms with van der Waals surface area (Å²) in [5, 5.41) is 0. The summed E-state index contributed by atoms with van der Waals surface area (Å²) in [5.41, 5.74) is 0.762. The lowest BCUT2D eigenvalue weighted by Gasteiger charge is -2.55. The molecule has 4 bridgehead atoms. The Balaban J connectivity index is 1.31. The minimum absolute atomic E-state index is 0.0221. The van der Waals surface area contributed by atoms with Crippen LogP contribution in [0.5, 0.6) is 11.5 Å². The van der Waals surface area contributed by atoms with Crippen LogP contribution in [0.15, 0.2) is 23.2 Å². The lowest BCUT2D eigenvalue weighted by molar-refractivity contribution is -0.161. The van der Waals surface area contributed by atoms with Crippen LogP contribution in [0.1, 0.15) is 83.1 Å². The molecule has 0 N–H and O–H groups in total. The summed E-state index contributed by atoms with van der Waals surface area (Å²) in [6.45, 7) is 2.51. The van der Waals surface area contributed by atoms with Crippen molar-refractivity contribution in [3.05, 3.63) is 23.8 Å². The van der Waals surface area contributed by atoms with E-state index in [1.54, 1.807) is 0 Å². The largest absolute Gasteiger partial charge is 0.490 e. The third-order valence-electron chi connectivity index (χ3n) is 7.95. The molecule has 0 amide bonds. The Labute approximate surface area is 180 Å². The summed E-state index contributed by atoms with van der Waals surface area (Å²) in [4.78, 5) is 18.1. The van der Waals surface area contributed by atoms with Crippen molar-refractivity contribution in [1.29, 1.82) is 0 Å². The fourth-order valence-corrected chi connectivity index (χ4v) is 6.95. The molecule has 0 aliphatic heterocycles. The maximum absolute atomic E-state index is 13.3. The van der Waals surface area contributed by atoms with Gasteiger partial charge in [0.15, 0.2) is 11.5 Å². The zero-order valence-electron chi connectivity index (χ0n) is 18.3. The molecule has 0 spiro atoms. The monoisotopic (exact) mass is 409 g/mol. The predicted octanol–water partition coefficient (Wildman–Crippen LogP) is 5.96. The van der Waals surface area contributed by atoms with Gasteiger partial charge in [0.1, 0.15) is 0 Å². The van der Waals surface area contributed by atoms with Crippen molar-refractivity contribution in [2.75, 3.05) is 6.61 Å². The van der Waals surface area contributed by atoms with Crippen LogP contribution >= 0.6 is 0 Å². The van der Waals surface area contributed by atoms with Crippen LogP contribution in [0.3, 0.4) is 0 Å². The summed E-state index contributed by atoms with van der Waals surface area (Å²) >= 11 is 0. The maximum Gasteiger partial charge on any atom is 0.317 e. The quantitative estimate of drug-likeness (QED) is 0.331. The minimum atomic E-state index is -0.251. The molecule has 30 heavy (non-hydrogen) atoms. The molecule has 5 aliphatic rings. The Morgan fingerprint density at radius 1 is 1.03 bits per heavy atom. The zero-order chi connectivity index (χ0) is 20.6. The van der Waals surface area contributed by atoms with Gasteiger partial charge >= 0.3 is 5.97 Å². The van der Waals surface area contributed by atoms with Crippen molar-refractivity contribution in [1.82, 2.24) is 0 Å². The molecular formula is C26H35NO3. The molecule has 5 fully saturated rings. The van der Waals surface area contributed by atoms with Crippen molar-refractivity contribution in [3.8, 4) is 11.5 Å². The van der Waals surface area contributed by atoms with Gasteiger partial charge in [0.05, 0.1) is 12.0 Å². The van der Waals surface area contributed by atoms with Crippen LogP contribution in [0.4, 0.5) is 0 Å². The standard InChI is InChI=1S/C26H35NO3/c1-2-29-24-13-18(17-27-22-6-4-3-5-7-22)8-9-23(24)30-25(28)26-14-19-10-20(15-26)12-21(11-19)16-26/h8-9,13,17,19-22H,2-7,10-12,14-16H2,1H3. The Kier molecular flexibility index (Phi) is 5.59. The highest BCUT2D eigenvalue weighted by molar-refractivity contribution is 5.83. The van der Waals surface area contributed by atoms with Gasteiger partial charge < -0.3 is 9.47 Å². The molecule has 0 aromatic heterocycles. The second kappa shape index (κ2) is 8.36. The lowest BCUT2D eigenvalue weighted by atomic mass is 9.49. The van der Waals surface area contributed by atoms with E-state index < -0.39 is 0 Å².